The lowest BCUT2D eigenvalue weighted by Gasteiger charge is -2.23. The summed E-state index contributed by atoms with van der Waals surface area (Å²) in [6.45, 7) is 3.35. The number of ether oxygens (including phenoxy) is 1. The summed E-state index contributed by atoms with van der Waals surface area (Å²) >= 11 is 1.66. The molecule has 2 aromatic rings. The van der Waals surface area contributed by atoms with Crippen LogP contribution in [0.15, 0.2) is 46.9 Å². The lowest BCUT2D eigenvalue weighted by molar-refractivity contribution is -0.135. The molecule has 7 heteroatoms. The van der Waals surface area contributed by atoms with Crippen molar-refractivity contribution in [2.24, 2.45) is 5.10 Å². The predicted octanol–water partition coefficient (Wildman–Crippen LogP) is 3.85. The number of benzene rings is 1. The van der Waals surface area contributed by atoms with Gasteiger partial charge in [0.1, 0.15) is 0 Å². The SMILES string of the molecule is CC1=NN(c2ccc(C(=O)OCC(=O)N3CCCC3c3cccs3)cc2)CC1. The van der Waals surface area contributed by atoms with E-state index in [1.165, 1.54) is 4.88 Å². The molecule has 6 nitrogen and oxygen atoms in total. The fourth-order valence-corrected chi connectivity index (χ4v) is 4.54. The Kier molecular flexibility index (Phi) is 5.43. The molecule has 0 spiro atoms. The topological polar surface area (TPSA) is 62.2 Å². The van der Waals surface area contributed by atoms with E-state index in [9.17, 15) is 9.59 Å². The molecule has 146 valence electrons. The number of hydrogen-bond donors (Lipinski definition) is 0. The van der Waals surface area contributed by atoms with Crippen LogP contribution in [-0.4, -0.2) is 42.2 Å². The summed E-state index contributed by atoms with van der Waals surface area (Å²) in [4.78, 5) is 27.9. The number of hydrogen-bond acceptors (Lipinski definition) is 6. The Bertz CT molecular complexity index is 877. The summed E-state index contributed by atoms with van der Waals surface area (Å²) in [6.07, 6.45) is 2.89. The van der Waals surface area contributed by atoms with Crippen molar-refractivity contribution in [2.75, 3.05) is 24.7 Å². The highest BCUT2D eigenvalue weighted by Gasteiger charge is 2.31. The Balaban J connectivity index is 1.33. The molecule has 1 atom stereocenters. The summed E-state index contributed by atoms with van der Waals surface area (Å²) < 4.78 is 5.28. The van der Waals surface area contributed by atoms with Crippen molar-refractivity contribution < 1.29 is 14.3 Å². The first-order valence-corrected chi connectivity index (χ1v) is 10.4. The highest BCUT2D eigenvalue weighted by Crippen LogP contribution is 2.34. The number of hydrazone groups is 1. The van der Waals surface area contributed by atoms with Gasteiger partial charge in [0.15, 0.2) is 6.61 Å². The minimum absolute atomic E-state index is 0.106. The molecule has 2 aliphatic rings. The summed E-state index contributed by atoms with van der Waals surface area (Å²) in [5.74, 6) is -0.615. The summed E-state index contributed by atoms with van der Waals surface area (Å²) in [5.41, 5.74) is 2.48. The molecule has 1 aromatic carbocycles. The second-order valence-electron chi connectivity index (χ2n) is 7.09. The van der Waals surface area contributed by atoms with E-state index < -0.39 is 5.97 Å². The number of carbonyl (C=O) groups excluding carboxylic acids is 2. The number of likely N-dealkylation sites (tertiary alicyclic amines) is 1. The van der Waals surface area contributed by atoms with Gasteiger partial charge in [-0.15, -0.1) is 11.3 Å². The zero-order chi connectivity index (χ0) is 19.5. The van der Waals surface area contributed by atoms with Crippen molar-refractivity contribution in [3.63, 3.8) is 0 Å². The first-order chi connectivity index (χ1) is 13.6. The number of rotatable bonds is 5. The molecule has 0 saturated carbocycles. The van der Waals surface area contributed by atoms with E-state index in [1.807, 2.05) is 40.4 Å². The Labute approximate surface area is 168 Å². The molecule has 1 amide bonds. The van der Waals surface area contributed by atoms with Crippen molar-refractivity contribution in [3.8, 4) is 0 Å². The van der Waals surface area contributed by atoms with Gasteiger partial charge in [-0.25, -0.2) is 4.79 Å². The lowest BCUT2D eigenvalue weighted by atomic mass is 10.2. The molecule has 1 unspecified atom stereocenters. The van der Waals surface area contributed by atoms with Gasteiger partial charge in [0.05, 0.1) is 17.3 Å². The quantitative estimate of drug-likeness (QED) is 0.719. The first kappa shape index (κ1) is 18.7. The third-order valence-corrected chi connectivity index (χ3v) is 6.12. The number of amides is 1. The van der Waals surface area contributed by atoms with Crippen LogP contribution in [0.2, 0.25) is 0 Å². The summed E-state index contributed by atoms with van der Waals surface area (Å²) in [5, 5.41) is 8.39. The molecule has 3 heterocycles. The van der Waals surface area contributed by atoms with Gasteiger partial charge >= 0.3 is 5.97 Å². The van der Waals surface area contributed by atoms with Crippen LogP contribution in [0.5, 0.6) is 0 Å². The predicted molar refractivity (Wildman–Crippen MR) is 110 cm³/mol. The van der Waals surface area contributed by atoms with Crippen LogP contribution in [0.3, 0.4) is 0 Å². The monoisotopic (exact) mass is 397 g/mol. The minimum atomic E-state index is -0.479. The van der Waals surface area contributed by atoms with Crippen LogP contribution in [0.25, 0.3) is 0 Å². The zero-order valence-corrected chi connectivity index (χ0v) is 16.7. The van der Waals surface area contributed by atoms with Gasteiger partial charge in [-0.05, 0) is 55.5 Å². The van der Waals surface area contributed by atoms with E-state index in [-0.39, 0.29) is 18.6 Å². The highest BCUT2D eigenvalue weighted by atomic mass is 32.1. The van der Waals surface area contributed by atoms with Crippen molar-refractivity contribution in [1.82, 2.24) is 4.90 Å². The fraction of sp³-hybridized carbons (Fsp3) is 0.381. The Morgan fingerprint density at radius 1 is 1.21 bits per heavy atom. The van der Waals surface area contributed by atoms with E-state index in [4.69, 9.17) is 4.74 Å². The van der Waals surface area contributed by atoms with Crippen molar-refractivity contribution in [1.29, 1.82) is 0 Å². The second-order valence-corrected chi connectivity index (χ2v) is 8.07. The zero-order valence-electron chi connectivity index (χ0n) is 15.8. The normalized spacial score (nSPS) is 19.0. The molecule has 1 saturated heterocycles. The van der Waals surface area contributed by atoms with Crippen molar-refractivity contribution >= 4 is 34.6 Å². The van der Waals surface area contributed by atoms with Crippen LogP contribution >= 0.6 is 11.3 Å². The summed E-state index contributed by atoms with van der Waals surface area (Å²) in [7, 11) is 0. The van der Waals surface area contributed by atoms with E-state index in [0.717, 1.165) is 37.2 Å². The highest BCUT2D eigenvalue weighted by molar-refractivity contribution is 7.10. The fourth-order valence-electron chi connectivity index (χ4n) is 3.67. The maximum atomic E-state index is 12.6. The van der Waals surface area contributed by atoms with Gasteiger partial charge in [0, 0.05) is 30.1 Å². The number of nitrogens with zero attached hydrogens (tertiary/aromatic N) is 3. The largest absolute Gasteiger partial charge is 0.452 e. The molecule has 4 rings (SSSR count). The van der Waals surface area contributed by atoms with Gasteiger partial charge in [0.25, 0.3) is 5.91 Å². The lowest BCUT2D eigenvalue weighted by Crippen LogP contribution is -2.34. The van der Waals surface area contributed by atoms with Gasteiger partial charge in [0.2, 0.25) is 0 Å². The van der Waals surface area contributed by atoms with Gasteiger partial charge in [-0.3, -0.25) is 9.80 Å². The first-order valence-electron chi connectivity index (χ1n) is 9.53. The number of thiophene rings is 1. The van der Waals surface area contributed by atoms with Crippen molar-refractivity contribution in [3.05, 3.63) is 52.2 Å². The maximum Gasteiger partial charge on any atom is 0.338 e. The number of esters is 1. The molecule has 1 fully saturated rings. The third kappa shape index (κ3) is 3.94. The molecule has 0 aliphatic carbocycles. The molecule has 0 N–H and O–H groups in total. The van der Waals surface area contributed by atoms with E-state index >= 15 is 0 Å². The van der Waals surface area contributed by atoms with Crippen LogP contribution in [0.4, 0.5) is 5.69 Å². The van der Waals surface area contributed by atoms with E-state index in [2.05, 4.69) is 11.2 Å². The Morgan fingerprint density at radius 2 is 2.04 bits per heavy atom. The van der Waals surface area contributed by atoms with Crippen molar-refractivity contribution in [2.45, 2.75) is 32.2 Å². The van der Waals surface area contributed by atoms with E-state index in [1.54, 1.807) is 23.5 Å². The number of carbonyl (C=O) groups is 2. The Hall–Kier alpha value is -2.67. The molecule has 0 radical (unpaired) electrons. The van der Waals surface area contributed by atoms with Crippen LogP contribution < -0.4 is 5.01 Å². The standard InChI is InChI=1S/C21H23N3O3S/c1-15-10-12-24(22-15)17-8-6-16(7-9-17)21(26)27-14-20(25)23-11-2-4-18(23)19-5-3-13-28-19/h3,5-9,13,18H,2,4,10-12,14H2,1H3. The minimum Gasteiger partial charge on any atom is -0.452 e. The second kappa shape index (κ2) is 8.14. The van der Waals surface area contributed by atoms with Gasteiger partial charge in [-0.2, -0.15) is 5.10 Å². The molecule has 28 heavy (non-hydrogen) atoms. The molecule has 2 aliphatic heterocycles. The summed E-state index contributed by atoms with van der Waals surface area (Å²) in [6, 6.07) is 11.3. The van der Waals surface area contributed by atoms with E-state index in [0.29, 0.717) is 12.1 Å². The van der Waals surface area contributed by atoms with Crippen LogP contribution in [0.1, 0.15) is 47.5 Å². The average molecular weight is 398 g/mol. The van der Waals surface area contributed by atoms with Crippen LogP contribution in [0, 0.1) is 0 Å². The number of anilines is 1. The smallest absolute Gasteiger partial charge is 0.338 e. The third-order valence-electron chi connectivity index (χ3n) is 5.15. The molecular weight excluding hydrogens is 374 g/mol. The average Bonchev–Trinajstić information content (AvgIpc) is 3.46. The molecular formula is C21H23N3O3S. The Morgan fingerprint density at radius 3 is 2.71 bits per heavy atom. The van der Waals surface area contributed by atoms with Gasteiger partial charge < -0.3 is 9.64 Å². The van der Waals surface area contributed by atoms with Crippen LogP contribution in [-0.2, 0) is 9.53 Å². The molecule has 0 bridgehead atoms. The molecule has 1 aromatic heterocycles. The van der Waals surface area contributed by atoms with Gasteiger partial charge in [-0.1, -0.05) is 6.07 Å². The maximum absolute atomic E-state index is 12.6.